The predicted octanol–water partition coefficient (Wildman–Crippen LogP) is 2.40. The summed E-state index contributed by atoms with van der Waals surface area (Å²) in [6.45, 7) is 2.01. The Morgan fingerprint density at radius 1 is 1.17 bits per heavy atom. The van der Waals surface area contributed by atoms with E-state index < -0.39 is 10.5 Å². The molecule has 0 fully saturated rings. The van der Waals surface area contributed by atoms with Crippen LogP contribution in [0.4, 0.5) is 5.69 Å². The fourth-order valence-corrected chi connectivity index (χ4v) is 3.85. The monoisotopic (exact) mass is 402 g/mol. The number of para-hydroxylation sites is 1. The minimum atomic E-state index is -0.523. The first-order valence-electron chi connectivity index (χ1n) is 8.61. The molecule has 8 heteroatoms. The number of hydrogen-bond acceptors (Lipinski definition) is 6. The van der Waals surface area contributed by atoms with Crippen LogP contribution in [0, 0.1) is 32.8 Å². The van der Waals surface area contributed by atoms with Crippen LogP contribution in [0.3, 0.4) is 0 Å². The van der Waals surface area contributed by atoms with Crippen LogP contribution in [0.5, 0.6) is 0 Å². The Balaban J connectivity index is 2.38. The first kappa shape index (κ1) is 19.7. The fraction of sp³-hybridized carbons (Fsp3) is 0.0952. The lowest BCUT2D eigenvalue weighted by molar-refractivity contribution is -0.385. The summed E-state index contributed by atoms with van der Waals surface area (Å²) in [6, 6.07) is 16.9. The Bertz CT molecular complexity index is 1340. The number of nitrogens with zero attached hydrogens (tertiary/aromatic N) is 4. The molecule has 142 valence electrons. The van der Waals surface area contributed by atoms with Crippen LogP contribution < -0.4 is 14.8 Å². The van der Waals surface area contributed by atoms with Crippen LogP contribution in [-0.2, 0) is 6.42 Å². The van der Waals surface area contributed by atoms with Gasteiger partial charge in [0, 0.05) is 6.07 Å². The van der Waals surface area contributed by atoms with E-state index in [-0.39, 0.29) is 26.0 Å². The molecule has 0 spiro atoms. The number of nitriles is 2. The van der Waals surface area contributed by atoms with Crippen LogP contribution >= 0.6 is 11.3 Å². The zero-order valence-electron chi connectivity index (χ0n) is 15.3. The summed E-state index contributed by atoms with van der Waals surface area (Å²) in [5.41, 5.74) is 1.08. The van der Waals surface area contributed by atoms with Crippen LogP contribution in [0.2, 0.25) is 0 Å². The highest BCUT2D eigenvalue weighted by atomic mass is 32.1. The molecule has 3 aromatic rings. The molecule has 29 heavy (non-hydrogen) atoms. The van der Waals surface area contributed by atoms with Gasteiger partial charge in [0.05, 0.1) is 20.7 Å². The number of nitro groups is 1. The summed E-state index contributed by atoms with van der Waals surface area (Å²) < 4.78 is 1.68. The summed E-state index contributed by atoms with van der Waals surface area (Å²) in [6.07, 6.45) is 2.24. The maximum absolute atomic E-state index is 13.1. The third-order valence-corrected chi connectivity index (χ3v) is 5.38. The minimum Gasteiger partial charge on any atom is -0.267 e. The molecule has 0 aliphatic carbocycles. The third kappa shape index (κ3) is 3.84. The van der Waals surface area contributed by atoms with E-state index in [1.807, 2.05) is 31.2 Å². The van der Waals surface area contributed by atoms with Gasteiger partial charge in [0.25, 0.3) is 11.2 Å². The van der Waals surface area contributed by atoms with Gasteiger partial charge in [-0.25, -0.2) is 0 Å². The van der Waals surface area contributed by atoms with Gasteiger partial charge in [0.1, 0.15) is 16.8 Å². The maximum atomic E-state index is 13.1. The highest BCUT2D eigenvalue weighted by molar-refractivity contribution is 7.07. The van der Waals surface area contributed by atoms with Crippen molar-refractivity contribution in [1.29, 1.82) is 10.5 Å². The van der Waals surface area contributed by atoms with Crippen LogP contribution in [0.1, 0.15) is 18.1 Å². The number of aryl methyl sites for hydroxylation is 1. The van der Waals surface area contributed by atoms with Crippen molar-refractivity contribution < 1.29 is 4.92 Å². The highest BCUT2D eigenvalue weighted by Crippen LogP contribution is 2.18. The van der Waals surface area contributed by atoms with E-state index in [9.17, 15) is 25.4 Å². The van der Waals surface area contributed by atoms with Gasteiger partial charge in [-0.3, -0.25) is 19.5 Å². The number of hydrogen-bond donors (Lipinski definition) is 0. The number of nitro benzene ring substituents is 1. The summed E-state index contributed by atoms with van der Waals surface area (Å²) in [5, 5.41) is 29.9. The normalized spacial score (nSPS) is 10.9. The topological polar surface area (TPSA) is 113 Å². The average Bonchev–Trinajstić information content (AvgIpc) is 3.05. The Morgan fingerprint density at radius 3 is 2.41 bits per heavy atom. The predicted molar refractivity (Wildman–Crippen MR) is 110 cm³/mol. The first-order valence-corrected chi connectivity index (χ1v) is 9.42. The lowest BCUT2D eigenvalue weighted by atomic mass is 10.1. The van der Waals surface area contributed by atoms with Crippen molar-refractivity contribution in [2.75, 3.05) is 0 Å². The Hall–Kier alpha value is -4.01. The summed E-state index contributed by atoms with van der Waals surface area (Å²) in [5.74, 6) is 0. The molecule has 1 heterocycles. The molecular weight excluding hydrogens is 388 g/mol. The van der Waals surface area contributed by atoms with Gasteiger partial charge in [0.15, 0.2) is 5.57 Å². The Morgan fingerprint density at radius 2 is 1.83 bits per heavy atom. The van der Waals surface area contributed by atoms with E-state index in [4.69, 9.17) is 0 Å². The van der Waals surface area contributed by atoms with Gasteiger partial charge in [-0.2, -0.15) is 10.5 Å². The second kappa shape index (κ2) is 8.34. The molecule has 1 aromatic heterocycles. The molecule has 0 unspecified atom stereocenters. The molecule has 0 N–H and O–H groups in total. The summed E-state index contributed by atoms with van der Waals surface area (Å²) in [4.78, 5) is 23.9. The lowest BCUT2D eigenvalue weighted by Gasteiger charge is -2.03. The minimum absolute atomic E-state index is 0.134. The van der Waals surface area contributed by atoms with Crippen LogP contribution in [-0.4, -0.2) is 9.49 Å². The third-order valence-electron chi connectivity index (χ3n) is 4.28. The van der Waals surface area contributed by atoms with Crippen molar-refractivity contribution >= 4 is 28.7 Å². The molecule has 7 nitrogen and oxygen atoms in total. The zero-order chi connectivity index (χ0) is 21.0. The van der Waals surface area contributed by atoms with Gasteiger partial charge in [-0.05, 0) is 36.3 Å². The van der Waals surface area contributed by atoms with Crippen molar-refractivity contribution in [2.24, 2.45) is 0 Å². The second-order valence-corrected chi connectivity index (χ2v) is 7.02. The molecule has 0 aliphatic rings. The molecule has 0 radical (unpaired) electrons. The van der Waals surface area contributed by atoms with Crippen molar-refractivity contribution in [3.8, 4) is 17.8 Å². The van der Waals surface area contributed by atoms with E-state index in [0.29, 0.717) is 5.69 Å². The molecule has 3 rings (SSSR count). The van der Waals surface area contributed by atoms with Crippen molar-refractivity contribution in [3.63, 3.8) is 0 Å². The number of rotatable bonds is 4. The Kier molecular flexibility index (Phi) is 5.68. The number of aromatic nitrogens is 1. The maximum Gasteiger partial charge on any atom is 0.276 e. The molecule has 0 amide bonds. The van der Waals surface area contributed by atoms with Gasteiger partial charge in [0.2, 0.25) is 0 Å². The van der Waals surface area contributed by atoms with E-state index in [1.54, 1.807) is 24.3 Å². The van der Waals surface area contributed by atoms with E-state index in [2.05, 4.69) is 0 Å². The van der Waals surface area contributed by atoms with Crippen LogP contribution in [0.25, 0.3) is 17.3 Å². The molecule has 0 bridgehead atoms. The average molecular weight is 402 g/mol. The zero-order valence-corrected chi connectivity index (χ0v) is 16.1. The standard InChI is InChI=1S/C21H14N4O3S/c1-2-14-7-9-17(10-8-14)24-20(26)19(29-21(24)16(12-22)13-23)11-15-5-3-4-6-18(15)25(27)28/h3-11H,2H2,1H3/b19-11+. The molecule has 0 aliphatic heterocycles. The van der Waals surface area contributed by atoms with Crippen molar-refractivity contribution in [2.45, 2.75) is 13.3 Å². The van der Waals surface area contributed by atoms with Gasteiger partial charge in [-0.15, -0.1) is 11.3 Å². The van der Waals surface area contributed by atoms with E-state index in [1.165, 1.54) is 22.8 Å². The van der Waals surface area contributed by atoms with Crippen molar-refractivity contribution in [1.82, 2.24) is 4.57 Å². The van der Waals surface area contributed by atoms with Crippen LogP contribution in [0.15, 0.2) is 53.3 Å². The quantitative estimate of drug-likeness (QED) is 0.491. The van der Waals surface area contributed by atoms with E-state index in [0.717, 1.165) is 23.3 Å². The lowest BCUT2D eigenvalue weighted by Crippen LogP contribution is -2.30. The summed E-state index contributed by atoms with van der Waals surface area (Å²) in [7, 11) is 0. The van der Waals surface area contributed by atoms with E-state index >= 15 is 0 Å². The second-order valence-electron chi connectivity index (χ2n) is 5.99. The first-order chi connectivity index (χ1) is 14.0. The van der Waals surface area contributed by atoms with Gasteiger partial charge in [-0.1, -0.05) is 31.2 Å². The smallest absolute Gasteiger partial charge is 0.267 e. The number of benzene rings is 2. The molecule has 0 saturated heterocycles. The Labute approximate surface area is 169 Å². The molecule has 0 saturated carbocycles. The SMILES string of the molecule is CCc1ccc(-n2c(=C(C#N)C#N)s/c(=C/c3ccccc3[N+](=O)[O-])c2=O)cc1. The number of thiazole rings is 1. The largest absolute Gasteiger partial charge is 0.276 e. The van der Waals surface area contributed by atoms with Gasteiger partial charge >= 0.3 is 0 Å². The van der Waals surface area contributed by atoms with Crippen molar-refractivity contribution in [3.05, 3.63) is 89.3 Å². The van der Waals surface area contributed by atoms with Gasteiger partial charge < -0.3 is 0 Å². The highest BCUT2D eigenvalue weighted by Gasteiger charge is 2.14. The molecular formula is C21H14N4O3S. The molecule has 2 aromatic carbocycles. The summed E-state index contributed by atoms with van der Waals surface area (Å²) >= 11 is 0.954. The fourth-order valence-electron chi connectivity index (χ4n) is 2.80. The molecule has 0 atom stereocenters.